The van der Waals surface area contributed by atoms with Gasteiger partial charge in [0, 0.05) is 12.0 Å². The normalized spacial score (nSPS) is 17.6. The summed E-state index contributed by atoms with van der Waals surface area (Å²) in [4.78, 5) is 12.0. The third kappa shape index (κ3) is 4.94. The Morgan fingerprint density at radius 2 is 2.05 bits per heavy atom. The molecule has 0 aliphatic carbocycles. The maximum absolute atomic E-state index is 12.0. The number of hydrogen-bond donors (Lipinski definition) is 2. The third-order valence-electron chi connectivity index (χ3n) is 3.58. The highest BCUT2D eigenvalue weighted by Crippen LogP contribution is 2.11. The summed E-state index contributed by atoms with van der Waals surface area (Å²) in [7, 11) is 0. The monoisotopic (exact) mass is 276 g/mol. The van der Waals surface area contributed by atoms with Crippen LogP contribution < -0.4 is 10.6 Å². The lowest BCUT2D eigenvalue weighted by atomic mass is 9.97. The van der Waals surface area contributed by atoms with Gasteiger partial charge in [0.05, 0.1) is 13.2 Å². The predicted molar refractivity (Wildman–Crippen MR) is 79.3 cm³/mol. The highest BCUT2D eigenvalue weighted by molar-refractivity contribution is 5.79. The van der Waals surface area contributed by atoms with Crippen LogP contribution in [0.2, 0.25) is 0 Å². The standard InChI is InChI=1S/C16H24N2O2/c1-13(11-20-12-14-5-3-2-4-6-14)18-16(19)15-7-9-17-10-8-15/h2-6,13,15,17H,7-12H2,1H3,(H,18,19). The molecule has 4 heteroatoms. The molecule has 1 unspecified atom stereocenters. The largest absolute Gasteiger partial charge is 0.375 e. The third-order valence-corrected chi connectivity index (χ3v) is 3.58. The van der Waals surface area contributed by atoms with E-state index in [1.807, 2.05) is 37.3 Å². The van der Waals surface area contributed by atoms with Gasteiger partial charge in [0.15, 0.2) is 0 Å². The zero-order valence-corrected chi connectivity index (χ0v) is 12.1. The molecule has 0 saturated carbocycles. The highest BCUT2D eigenvalue weighted by Gasteiger charge is 2.21. The van der Waals surface area contributed by atoms with Crippen molar-refractivity contribution in [3.05, 3.63) is 35.9 Å². The lowest BCUT2D eigenvalue weighted by Crippen LogP contribution is -2.43. The number of carbonyl (C=O) groups is 1. The molecule has 1 aliphatic heterocycles. The Kier molecular flexibility index (Phi) is 6.02. The Balaban J connectivity index is 1.64. The molecule has 110 valence electrons. The molecule has 0 radical (unpaired) electrons. The van der Waals surface area contributed by atoms with Crippen molar-refractivity contribution in [2.24, 2.45) is 5.92 Å². The molecule has 1 amide bonds. The van der Waals surface area contributed by atoms with E-state index >= 15 is 0 Å². The predicted octanol–water partition coefficient (Wildman–Crippen LogP) is 1.71. The van der Waals surface area contributed by atoms with Crippen LogP contribution in [0.3, 0.4) is 0 Å². The van der Waals surface area contributed by atoms with Crippen LogP contribution in [0.15, 0.2) is 30.3 Å². The van der Waals surface area contributed by atoms with E-state index in [4.69, 9.17) is 4.74 Å². The minimum Gasteiger partial charge on any atom is -0.375 e. The first kappa shape index (κ1) is 15.0. The SMILES string of the molecule is CC(COCc1ccccc1)NC(=O)C1CCNCC1. The van der Waals surface area contributed by atoms with E-state index in [0.29, 0.717) is 13.2 Å². The molecule has 1 aliphatic rings. The number of benzene rings is 1. The summed E-state index contributed by atoms with van der Waals surface area (Å²) in [5.74, 6) is 0.329. The number of hydrogen-bond acceptors (Lipinski definition) is 3. The molecule has 1 heterocycles. The maximum Gasteiger partial charge on any atom is 0.223 e. The molecule has 0 bridgehead atoms. The van der Waals surface area contributed by atoms with E-state index in [1.165, 1.54) is 0 Å². The first-order chi connectivity index (χ1) is 9.75. The first-order valence-electron chi connectivity index (χ1n) is 7.38. The van der Waals surface area contributed by atoms with E-state index in [0.717, 1.165) is 31.5 Å². The van der Waals surface area contributed by atoms with Crippen molar-refractivity contribution >= 4 is 5.91 Å². The van der Waals surface area contributed by atoms with Crippen molar-refractivity contribution in [1.82, 2.24) is 10.6 Å². The van der Waals surface area contributed by atoms with E-state index in [9.17, 15) is 4.79 Å². The Labute approximate surface area is 120 Å². The van der Waals surface area contributed by atoms with Crippen molar-refractivity contribution in [3.8, 4) is 0 Å². The number of ether oxygens (including phenoxy) is 1. The van der Waals surface area contributed by atoms with E-state index in [2.05, 4.69) is 10.6 Å². The molecule has 4 nitrogen and oxygen atoms in total. The molecular formula is C16H24N2O2. The Hall–Kier alpha value is -1.39. The van der Waals surface area contributed by atoms with Crippen LogP contribution in [-0.2, 0) is 16.1 Å². The molecule has 0 spiro atoms. The second-order valence-corrected chi connectivity index (χ2v) is 5.43. The van der Waals surface area contributed by atoms with Gasteiger partial charge >= 0.3 is 0 Å². The first-order valence-corrected chi connectivity index (χ1v) is 7.38. The van der Waals surface area contributed by atoms with Gasteiger partial charge in [-0.3, -0.25) is 4.79 Å². The fraction of sp³-hybridized carbons (Fsp3) is 0.562. The van der Waals surface area contributed by atoms with Gasteiger partial charge in [0.25, 0.3) is 0 Å². The quantitative estimate of drug-likeness (QED) is 0.831. The number of rotatable bonds is 6. The van der Waals surface area contributed by atoms with Crippen LogP contribution in [0, 0.1) is 5.92 Å². The maximum atomic E-state index is 12.0. The van der Waals surface area contributed by atoms with Gasteiger partial charge in [-0.1, -0.05) is 30.3 Å². The van der Waals surface area contributed by atoms with Crippen molar-refractivity contribution < 1.29 is 9.53 Å². The molecule has 2 rings (SSSR count). The van der Waals surface area contributed by atoms with Crippen LogP contribution >= 0.6 is 0 Å². The molecule has 1 atom stereocenters. The lowest BCUT2D eigenvalue weighted by molar-refractivity contribution is -0.126. The molecule has 0 aromatic heterocycles. The molecule has 1 aromatic rings. The summed E-state index contributed by atoms with van der Waals surface area (Å²) in [6, 6.07) is 10.1. The van der Waals surface area contributed by atoms with E-state index < -0.39 is 0 Å². The van der Waals surface area contributed by atoms with Gasteiger partial charge in [-0.25, -0.2) is 0 Å². The topological polar surface area (TPSA) is 50.4 Å². The van der Waals surface area contributed by atoms with Crippen molar-refractivity contribution in [2.75, 3.05) is 19.7 Å². The highest BCUT2D eigenvalue weighted by atomic mass is 16.5. The number of amides is 1. The number of carbonyl (C=O) groups excluding carboxylic acids is 1. The van der Waals surface area contributed by atoms with Gasteiger partial charge in [0.1, 0.15) is 0 Å². The fourth-order valence-corrected chi connectivity index (χ4v) is 2.41. The summed E-state index contributed by atoms with van der Waals surface area (Å²) in [5.41, 5.74) is 1.16. The number of nitrogens with one attached hydrogen (secondary N) is 2. The molecule has 1 saturated heterocycles. The number of piperidine rings is 1. The summed E-state index contributed by atoms with van der Waals surface area (Å²) in [6.45, 7) is 5.01. The van der Waals surface area contributed by atoms with Gasteiger partial charge in [-0.2, -0.15) is 0 Å². The van der Waals surface area contributed by atoms with Crippen LogP contribution in [0.4, 0.5) is 0 Å². The minimum absolute atomic E-state index is 0.0566. The zero-order chi connectivity index (χ0) is 14.2. The molecular weight excluding hydrogens is 252 g/mol. The Morgan fingerprint density at radius 1 is 1.35 bits per heavy atom. The van der Waals surface area contributed by atoms with Gasteiger partial charge < -0.3 is 15.4 Å². The van der Waals surface area contributed by atoms with Gasteiger partial charge in [-0.05, 0) is 38.4 Å². The van der Waals surface area contributed by atoms with Crippen LogP contribution in [0.1, 0.15) is 25.3 Å². The second-order valence-electron chi connectivity index (χ2n) is 5.43. The summed E-state index contributed by atoms with van der Waals surface area (Å²) >= 11 is 0. The molecule has 2 N–H and O–H groups in total. The minimum atomic E-state index is 0.0566. The summed E-state index contributed by atoms with van der Waals surface area (Å²) in [6.07, 6.45) is 1.87. The smallest absolute Gasteiger partial charge is 0.223 e. The molecule has 20 heavy (non-hydrogen) atoms. The zero-order valence-electron chi connectivity index (χ0n) is 12.1. The van der Waals surface area contributed by atoms with Crippen molar-refractivity contribution in [1.29, 1.82) is 0 Å². The van der Waals surface area contributed by atoms with E-state index in [-0.39, 0.29) is 17.9 Å². The van der Waals surface area contributed by atoms with Crippen molar-refractivity contribution in [3.63, 3.8) is 0 Å². The average molecular weight is 276 g/mol. The van der Waals surface area contributed by atoms with E-state index in [1.54, 1.807) is 0 Å². The molecule has 1 fully saturated rings. The fourth-order valence-electron chi connectivity index (χ4n) is 2.41. The second kappa shape index (κ2) is 8.02. The van der Waals surface area contributed by atoms with Gasteiger partial charge in [0.2, 0.25) is 5.91 Å². The summed E-state index contributed by atoms with van der Waals surface area (Å²) in [5, 5.41) is 6.31. The molecule has 1 aromatic carbocycles. The lowest BCUT2D eigenvalue weighted by Gasteiger charge is -2.24. The Bertz CT molecular complexity index is 402. The Morgan fingerprint density at radius 3 is 2.75 bits per heavy atom. The van der Waals surface area contributed by atoms with Crippen LogP contribution in [0.5, 0.6) is 0 Å². The van der Waals surface area contributed by atoms with Crippen LogP contribution in [-0.4, -0.2) is 31.6 Å². The average Bonchev–Trinajstić information content (AvgIpc) is 2.49. The van der Waals surface area contributed by atoms with Crippen molar-refractivity contribution in [2.45, 2.75) is 32.4 Å². The summed E-state index contributed by atoms with van der Waals surface area (Å²) < 4.78 is 5.64. The van der Waals surface area contributed by atoms with Crippen LogP contribution in [0.25, 0.3) is 0 Å². The van der Waals surface area contributed by atoms with Gasteiger partial charge in [-0.15, -0.1) is 0 Å².